The van der Waals surface area contributed by atoms with Gasteiger partial charge in [0.05, 0.1) is 22.0 Å². The molecule has 2 aromatic rings. The van der Waals surface area contributed by atoms with Crippen LogP contribution in [0.5, 0.6) is 0 Å². The van der Waals surface area contributed by atoms with Gasteiger partial charge in [-0.15, -0.1) is 0 Å². The minimum atomic E-state index is -3.81. The quantitative estimate of drug-likeness (QED) is 0.842. The molecule has 1 aliphatic heterocycles. The van der Waals surface area contributed by atoms with Crippen LogP contribution in [-0.2, 0) is 20.0 Å². The molecule has 1 N–H and O–H groups in total. The van der Waals surface area contributed by atoms with Crippen molar-refractivity contribution in [3.05, 3.63) is 52.6 Å². The molecule has 0 atom stereocenters. The Balaban J connectivity index is 2.00. The van der Waals surface area contributed by atoms with Gasteiger partial charge in [0, 0.05) is 6.54 Å². The zero-order valence-electron chi connectivity index (χ0n) is 15.9. The van der Waals surface area contributed by atoms with E-state index in [1.807, 2.05) is 19.9 Å². The van der Waals surface area contributed by atoms with E-state index in [2.05, 4.69) is 4.72 Å². The maximum Gasteiger partial charge on any atom is 0.262 e. The van der Waals surface area contributed by atoms with E-state index in [4.69, 9.17) is 0 Å². The molecule has 0 spiro atoms. The van der Waals surface area contributed by atoms with Crippen molar-refractivity contribution in [2.75, 3.05) is 21.3 Å². The summed E-state index contributed by atoms with van der Waals surface area (Å²) in [5.41, 5.74) is 4.06. The second-order valence-electron chi connectivity index (χ2n) is 6.99. The molecule has 0 aromatic heterocycles. The summed E-state index contributed by atoms with van der Waals surface area (Å²) in [6, 6.07) is 8.49. The topological polar surface area (TPSA) is 83.6 Å². The molecule has 6 nitrogen and oxygen atoms in total. The van der Waals surface area contributed by atoms with Crippen molar-refractivity contribution < 1.29 is 16.8 Å². The van der Waals surface area contributed by atoms with Crippen molar-refractivity contribution in [2.24, 2.45) is 0 Å². The number of anilines is 2. The Morgan fingerprint density at radius 1 is 1.00 bits per heavy atom. The summed E-state index contributed by atoms with van der Waals surface area (Å²) < 4.78 is 54.3. The van der Waals surface area contributed by atoms with E-state index in [0.717, 1.165) is 11.1 Å². The molecule has 1 fully saturated rings. The summed E-state index contributed by atoms with van der Waals surface area (Å²) in [6.07, 6.45) is 0.569. The highest BCUT2D eigenvalue weighted by Gasteiger charge is 2.29. The van der Waals surface area contributed by atoms with Gasteiger partial charge in [-0.3, -0.25) is 9.03 Å². The number of rotatable bonds is 4. The van der Waals surface area contributed by atoms with Crippen LogP contribution in [0.3, 0.4) is 0 Å². The van der Waals surface area contributed by atoms with Gasteiger partial charge in [0.15, 0.2) is 0 Å². The number of hydrogen-bond acceptors (Lipinski definition) is 4. The molecule has 1 heterocycles. The van der Waals surface area contributed by atoms with Crippen LogP contribution in [0.25, 0.3) is 0 Å². The normalized spacial score (nSPS) is 16.5. The van der Waals surface area contributed by atoms with Crippen LogP contribution in [0.15, 0.2) is 35.2 Å². The van der Waals surface area contributed by atoms with E-state index in [1.54, 1.807) is 38.1 Å². The minimum absolute atomic E-state index is 0.115. The standard InChI is InChI=1S/C19H24N2O4S2/c1-13-11-14(2)16(4)19(15(13)3)27(24,25)20-17-7-5-8-18(12-17)21-9-6-10-26(21,22)23/h5,7-8,11-12,20H,6,9-10H2,1-4H3. The lowest BCUT2D eigenvalue weighted by Crippen LogP contribution is -2.25. The average Bonchev–Trinajstić information content (AvgIpc) is 2.92. The van der Waals surface area contributed by atoms with Gasteiger partial charge in [-0.05, 0) is 74.6 Å². The number of aryl methyl sites for hydroxylation is 2. The Morgan fingerprint density at radius 2 is 1.63 bits per heavy atom. The van der Waals surface area contributed by atoms with Crippen molar-refractivity contribution in [1.82, 2.24) is 0 Å². The lowest BCUT2D eigenvalue weighted by Gasteiger charge is -2.19. The first-order valence-corrected chi connectivity index (χ1v) is 11.8. The van der Waals surface area contributed by atoms with E-state index in [0.29, 0.717) is 35.5 Å². The van der Waals surface area contributed by atoms with Crippen LogP contribution < -0.4 is 9.03 Å². The molecular weight excluding hydrogens is 384 g/mol. The molecule has 1 saturated heterocycles. The smallest absolute Gasteiger partial charge is 0.262 e. The van der Waals surface area contributed by atoms with Gasteiger partial charge in [0.1, 0.15) is 0 Å². The van der Waals surface area contributed by atoms with E-state index < -0.39 is 20.0 Å². The SMILES string of the molecule is Cc1cc(C)c(C)c(S(=O)(=O)Nc2cccc(N3CCCS3(=O)=O)c2)c1C. The number of sulfonamides is 2. The predicted molar refractivity (Wildman–Crippen MR) is 108 cm³/mol. The fourth-order valence-corrected chi connectivity index (χ4v) is 6.67. The van der Waals surface area contributed by atoms with Gasteiger partial charge in [-0.2, -0.15) is 0 Å². The van der Waals surface area contributed by atoms with Crippen LogP contribution >= 0.6 is 0 Å². The average molecular weight is 409 g/mol. The first-order valence-electron chi connectivity index (χ1n) is 8.73. The van der Waals surface area contributed by atoms with E-state index in [9.17, 15) is 16.8 Å². The fraction of sp³-hybridized carbons (Fsp3) is 0.368. The lowest BCUT2D eigenvalue weighted by molar-refractivity contribution is 0.598. The van der Waals surface area contributed by atoms with Crippen molar-refractivity contribution in [2.45, 2.75) is 39.0 Å². The highest BCUT2D eigenvalue weighted by molar-refractivity contribution is 7.93. The lowest BCUT2D eigenvalue weighted by atomic mass is 10.0. The first kappa shape index (κ1) is 19.7. The number of benzene rings is 2. The van der Waals surface area contributed by atoms with Gasteiger partial charge < -0.3 is 0 Å². The van der Waals surface area contributed by atoms with Crippen LogP contribution in [0.1, 0.15) is 28.7 Å². The molecule has 0 saturated carbocycles. The highest BCUT2D eigenvalue weighted by atomic mass is 32.2. The molecule has 0 unspecified atom stereocenters. The third-order valence-corrected chi connectivity index (χ3v) is 8.58. The van der Waals surface area contributed by atoms with Gasteiger partial charge >= 0.3 is 0 Å². The number of nitrogens with one attached hydrogen (secondary N) is 1. The van der Waals surface area contributed by atoms with Crippen LogP contribution in [0, 0.1) is 27.7 Å². The van der Waals surface area contributed by atoms with Crippen molar-refractivity contribution in [3.63, 3.8) is 0 Å². The predicted octanol–water partition coefficient (Wildman–Crippen LogP) is 3.26. The maximum atomic E-state index is 13.1. The Labute approximate surface area is 161 Å². The summed E-state index contributed by atoms with van der Waals surface area (Å²) in [4.78, 5) is 0.277. The highest BCUT2D eigenvalue weighted by Crippen LogP contribution is 2.30. The zero-order chi connectivity index (χ0) is 20.0. The van der Waals surface area contributed by atoms with Crippen LogP contribution in [-0.4, -0.2) is 29.1 Å². The molecule has 2 aromatic carbocycles. The third-order valence-electron chi connectivity index (χ3n) is 5.05. The summed E-state index contributed by atoms with van der Waals surface area (Å²) >= 11 is 0. The van der Waals surface area contributed by atoms with E-state index in [1.165, 1.54) is 4.31 Å². The zero-order valence-corrected chi connectivity index (χ0v) is 17.5. The second-order valence-corrected chi connectivity index (χ2v) is 10.6. The monoisotopic (exact) mass is 408 g/mol. The first-order chi connectivity index (χ1) is 12.5. The largest absolute Gasteiger partial charge is 0.280 e. The summed E-state index contributed by atoms with van der Waals surface area (Å²) in [5.74, 6) is 0.115. The van der Waals surface area contributed by atoms with Crippen LogP contribution in [0.4, 0.5) is 11.4 Å². The molecule has 1 aliphatic rings. The molecule has 0 radical (unpaired) electrons. The van der Waals surface area contributed by atoms with Gasteiger partial charge in [-0.1, -0.05) is 12.1 Å². The molecule has 0 aliphatic carbocycles. The summed E-state index contributed by atoms with van der Waals surface area (Å²) in [5, 5.41) is 0. The van der Waals surface area contributed by atoms with E-state index >= 15 is 0 Å². The van der Waals surface area contributed by atoms with Crippen molar-refractivity contribution in [1.29, 1.82) is 0 Å². The van der Waals surface area contributed by atoms with Gasteiger partial charge in [-0.25, -0.2) is 16.8 Å². The molecule has 3 rings (SSSR count). The minimum Gasteiger partial charge on any atom is -0.280 e. The second kappa shape index (κ2) is 6.83. The summed E-state index contributed by atoms with van der Waals surface area (Å²) in [6.45, 7) is 7.78. The third kappa shape index (κ3) is 3.68. The Bertz CT molecular complexity index is 1080. The Kier molecular flexibility index (Phi) is 4.98. The number of hydrogen-bond donors (Lipinski definition) is 1. The molecule has 27 heavy (non-hydrogen) atoms. The van der Waals surface area contributed by atoms with Gasteiger partial charge in [0.25, 0.3) is 10.0 Å². The molecule has 146 valence electrons. The molecular formula is C19H24N2O4S2. The molecule has 0 amide bonds. The van der Waals surface area contributed by atoms with Crippen molar-refractivity contribution in [3.8, 4) is 0 Å². The van der Waals surface area contributed by atoms with Gasteiger partial charge in [0.2, 0.25) is 10.0 Å². The van der Waals surface area contributed by atoms with Crippen molar-refractivity contribution >= 4 is 31.4 Å². The Hall–Kier alpha value is -2.06. The number of nitrogens with zero attached hydrogens (tertiary/aromatic N) is 1. The fourth-order valence-electron chi connectivity index (χ4n) is 3.44. The molecule has 0 bridgehead atoms. The Morgan fingerprint density at radius 3 is 2.19 bits per heavy atom. The molecule has 8 heteroatoms. The van der Waals surface area contributed by atoms with Crippen LogP contribution in [0.2, 0.25) is 0 Å². The summed E-state index contributed by atoms with van der Waals surface area (Å²) in [7, 11) is -7.13. The maximum absolute atomic E-state index is 13.1. The van der Waals surface area contributed by atoms with E-state index in [-0.39, 0.29) is 10.6 Å².